The third-order valence-electron chi connectivity index (χ3n) is 3.27. The van der Waals surface area contributed by atoms with Crippen molar-refractivity contribution in [2.75, 3.05) is 13.1 Å². The summed E-state index contributed by atoms with van der Waals surface area (Å²) < 4.78 is 18.7. The van der Waals surface area contributed by atoms with Crippen LogP contribution in [0.4, 0.5) is 9.18 Å². The molecule has 6 heteroatoms. The summed E-state index contributed by atoms with van der Waals surface area (Å²) in [5, 5.41) is 19.0. The summed E-state index contributed by atoms with van der Waals surface area (Å²) in [5.41, 5.74) is 0.509. The predicted octanol–water partition coefficient (Wildman–Crippen LogP) is 3.26. The number of aromatic hydroxyl groups is 2. The van der Waals surface area contributed by atoms with Gasteiger partial charge in [-0.2, -0.15) is 0 Å². The maximum Gasteiger partial charge on any atom is 0.410 e. The average molecular weight is 309 g/mol. The lowest BCUT2D eigenvalue weighted by atomic mass is 9.98. The summed E-state index contributed by atoms with van der Waals surface area (Å²) in [6.07, 6.45) is 1.82. The molecule has 1 aliphatic rings. The molecule has 0 bridgehead atoms. The number of hydrogen-bond donors (Lipinski definition) is 2. The summed E-state index contributed by atoms with van der Waals surface area (Å²) in [7, 11) is 0. The van der Waals surface area contributed by atoms with Crippen molar-refractivity contribution in [3.8, 4) is 11.5 Å². The van der Waals surface area contributed by atoms with Gasteiger partial charge in [0.1, 0.15) is 11.4 Å². The molecule has 120 valence electrons. The number of amides is 1. The number of ether oxygens (including phenoxy) is 1. The number of phenolic OH excluding ortho intramolecular Hbond substituents is 2. The Bertz CT molecular complexity index is 619. The van der Waals surface area contributed by atoms with Gasteiger partial charge in [-0.25, -0.2) is 9.18 Å². The molecule has 1 amide bonds. The van der Waals surface area contributed by atoms with E-state index in [9.17, 15) is 19.4 Å². The Morgan fingerprint density at radius 1 is 1.27 bits per heavy atom. The fourth-order valence-corrected chi connectivity index (χ4v) is 2.21. The van der Waals surface area contributed by atoms with Gasteiger partial charge in [-0.15, -0.1) is 0 Å². The van der Waals surface area contributed by atoms with E-state index in [2.05, 4.69) is 0 Å². The van der Waals surface area contributed by atoms with Crippen LogP contribution in [-0.4, -0.2) is 39.9 Å². The largest absolute Gasteiger partial charge is 0.507 e. The van der Waals surface area contributed by atoms with Crippen molar-refractivity contribution in [1.82, 2.24) is 4.90 Å². The van der Waals surface area contributed by atoms with Crippen molar-refractivity contribution < 1.29 is 24.1 Å². The van der Waals surface area contributed by atoms with Crippen molar-refractivity contribution in [3.05, 3.63) is 29.6 Å². The molecule has 1 aromatic rings. The second kappa shape index (κ2) is 5.87. The lowest BCUT2D eigenvalue weighted by Gasteiger charge is -2.29. The van der Waals surface area contributed by atoms with Crippen LogP contribution in [0.5, 0.6) is 11.5 Å². The van der Waals surface area contributed by atoms with Crippen molar-refractivity contribution in [3.63, 3.8) is 0 Å². The van der Waals surface area contributed by atoms with Crippen LogP contribution in [0.1, 0.15) is 32.8 Å². The van der Waals surface area contributed by atoms with E-state index < -0.39 is 23.3 Å². The number of hydrogen-bond acceptors (Lipinski definition) is 4. The highest BCUT2D eigenvalue weighted by molar-refractivity contribution is 5.75. The van der Waals surface area contributed by atoms with Crippen molar-refractivity contribution >= 4 is 11.7 Å². The first-order valence-electron chi connectivity index (χ1n) is 7.06. The highest BCUT2D eigenvalue weighted by Gasteiger charge is 2.24. The average Bonchev–Trinajstić information content (AvgIpc) is 2.41. The zero-order valence-electron chi connectivity index (χ0n) is 12.9. The summed E-state index contributed by atoms with van der Waals surface area (Å²) in [6.45, 7) is 6.14. The van der Waals surface area contributed by atoms with Gasteiger partial charge >= 0.3 is 6.09 Å². The monoisotopic (exact) mass is 309 g/mol. The molecule has 2 N–H and O–H groups in total. The number of carbonyl (C=O) groups excluding carboxylic acids is 1. The molecule has 0 spiro atoms. The SMILES string of the molecule is CC(C)(C)OC(=O)N1CC=C(c2cc(F)c(O)cc2O)CC1. The molecule has 1 heterocycles. The number of phenols is 2. The molecule has 1 aliphatic heterocycles. The first-order valence-corrected chi connectivity index (χ1v) is 7.06. The number of rotatable bonds is 1. The van der Waals surface area contributed by atoms with Crippen LogP contribution < -0.4 is 0 Å². The number of nitrogens with zero attached hydrogens (tertiary/aromatic N) is 1. The van der Waals surface area contributed by atoms with Gasteiger partial charge in [0, 0.05) is 24.7 Å². The van der Waals surface area contributed by atoms with Crippen molar-refractivity contribution in [1.29, 1.82) is 0 Å². The van der Waals surface area contributed by atoms with Crippen molar-refractivity contribution in [2.24, 2.45) is 0 Å². The number of carbonyl (C=O) groups is 1. The quantitative estimate of drug-likeness (QED) is 0.835. The third kappa shape index (κ3) is 3.69. The molecule has 0 fully saturated rings. The minimum atomic E-state index is -0.789. The molecule has 1 aromatic carbocycles. The van der Waals surface area contributed by atoms with Gasteiger partial charge < -0.3 is 19.8 Å². The maximum absolute atomic E-state index is 13.4. The molecule has 22 heavy (non-hydrogen) atoms. The second-order valence-electron chi connectivity index (χ2n) is 6.23. The summed E-state index contributed by atoms with van der Waals surface area (Å²) in [6, 6.07) is 2.07. The van der Waals surface area contributed by atoms with E-state index in [1.54, 1.807) is 31.7 Å². The summed E-state index contributed by atoms with van der Waals surface area (Å²) in [5.74, 6) is -1.56. The van der Waals surface area contributed by atoms with Crippen LogP contribution in [0.15, 0.2) is 18.2 Å². The summed E-state index contributed by atoms with van der Waals surface area (Å²) in [4.78, 5) is 13.5. The van der Waals surface area contributed by atoms with E-state index in [1.165, 1.54) is 0 Å². The first-order chi connectivity index (χ1) is 10.2. The lowest BCUT2D eigenvalue weighted by Crippen LogP contribution is -2.39. The zero-order valence-corrected chi connectivity index (χ0v) is 12.9. The maximum atomic E-state index is 13.4. The molecule has 0 aromatic heterocycles. The minimum absolute atomic E-state index is 0.184. The van der Waals surface area contributed by atoms with Crippen LogP contribution in [0, 0.1) is 5.82 Å². The Hall–Kier alpha value is -2.24. The van der Waals surface area contributed by atoms with Gasteiger partial charge in [0.2, 0.25) is 0 Å². The fraction of sp³-hybridized carbons (Fsp3) is 0.438. The Morgan fingerprint density at radius 2 is 1.95 bits per heavy atom. The van der Waals surface area contributed by atoms with Gasteiger partial charge in [-0.1, -0.05) is 6.08 Å². The Balaban J connectivity index is 2.12. The number of benzene rings is 1. The van der Waals surface area contributed by atoms with E-state index in [0.29, 0.717) is 25.1 Å². The molecule has 2 rings (SSSR count). The highest BCUT2D eigenvalue weighted by atomic mass is 19.1. The van der Waals surface area contributed by atoms with Crippen LogP contribution in [0.2, 0.25) is 0 Å². The molecule has 0 atom stereocenters. The van der Waals surface area contributed by atoms with Crippen LogP contribution in [-0.2, 0) is 4.74 Å². The van der Waals surface area contributed by atoms with E-state index in [-0.39, 0.29) is 5.75 Å². The molecule has 0 saturated carbocycles. The predicted molar refractivity (Wildman–Crippen MR) is 80.1 cm³/mol. The molecular weight excluding hydrogens is 289 g/mol. The molecule has 0 unspecified atom stereocenters. The Morgan fingerprint density at radius 3 is 2.50 bits per heavy atom. The lowest BCUT2D eigenvalue weighted by molar-refractivity contribution is 0.0270. The minimum Gasteiger partial charge on any atom is -0.507 e. The smallest absolute Gasteiger partial charge is 0.410 e. The van der Waals surface area contributed by atoms with E-state index in [0.717, 1.165) is 17.7 Å². The summed E-state index contributed by atoms with van der Waals surface area (Å²) >= 11 is 0. The van der Waals surface area contributed by atoms with Crippen LogP contribution >= 0.6 is 0 Å². The highest BCUT2D eigenvalue weighted by Crippen LogP contribution is 2.34. The Labute approximate surface area is 128 Å². The van der Waals surface area contributed by atoms with Crippen molar-refractivity contribution in [2.45, 2.75) is 32.8 Å². The second-order valence-corrected chi connectivity index (χ2v) is 6.23. The standard InChI is InChI=1S/C16H20FNO4/c1-16(2,3)22-15(21)18-6-4-10(5-7-18)11-8-12(17)14(20)9-13(11)19/h4,8-9,19-20H,5-7H2,1-3H3. The molecule has 0 aliphatic carbocycles. The zero-order chi connectivity index (χ0) is 16.5. The molecule has 5 nitrogen and oxygen atoms in total. The number of halogens is 1. The Kier molecular flexibility index (Phi) is 4.30. The fourth-order valence-electron chi connectivity index (χ4n) is 2.21. The van der Waals surface area contributed by atoms with Gasteiger partial charge in [0.15, 0.2) is 11.6 Å². The third-order valence-corrected chi connectivity index (χ3v) is 3.27. The first kappa shape index (κ1) is 16.1. The van der Waals surface area contributed by atoms with Gasteiger partial charge in [0.05, 0.1) is 0 Å². The van der Waals surface area contributed by atoms with Crippen LogP contribution in [0.3, 0.4) is 0 Å². The molecule has 0 radical (unpaired) electrons. The van der Waals surface area contributed by atoms with E-state index in [1.807, 2.05) is 0 Å². The van der Waals surface area contributed by atoms with Gasteiger partial charge in [0.25, 0.3) is 0 Å². The topological polar surface area (TPSA) is 70.0 Å². The molecule has 0 saturated heterocycles. The van der Waals surface area contributed by atoms with Gasteiger partial charge in [-0.3, -0.25) is 0 Å². The van der Waals surface area contributed by atoms with Gasteiger partial charge in [-0.05, 0) is 38.8 Å². The van der Waals surface area contributed by atoms with E-state index in [4.69, 9.17) is 4.74 Å². The normalized spacial score (nSPS) is 15.5. The van der Waals surface area contributed by atoms with E-state index >= 15 is 0 Å². The molecular formula is C16H20FNO4. The van der Waals surface area contributed by atoms with Crippen LogP contribution in [0.25, 0.3) is 5.57 Å².